The van der Waals surface area contributed by atoms with Crippen LogP contribution in [0.3, 0.4) is 0 Å². The van der Waals surface area contributed by atoms with Gasteiger partial charge in [0.2, 0.25) is 0 Å². The van der Waals surface area contributed by atoms with Gasteiger partial charge in [-0.05, 0) is 32.6 Å². The van der Waals surface area contributed by atoms with Crippen molar-refractivity contribution in [1.82, 2.24) is 9.55 Å². The highest BCUT2D eigenvalue weighted by molar-refractivity contribution is 5.03. The lowest BCUT2D eigenvalue weighted by molar-refractivity contribution is -0.130. The lowest BCUT2D eigenvalue weighted by Crippen LogP contribution is -2.42. The number of aliphatic hydroxyl groups is 1. The summed E-state index contributed by atoms with van der Waals surface area (Å²) >= 11 is 0. The highest BCUT2D eigenvalue weighted by atomic mass is 16.6. The molecule has 0 amide bonds. The molecule has 140 valence electrons. The fraction of sp³-hybridized carbons (Fsp3) is 0.765. The van der Waals surface area contributed by atoms with Crippen molar-refractivity contribution in [3.05, 3.63) is 32.6 Å². The van der Waals surface area contributed by atoms with E-state index in [-0.39, 0.29) is 12.2 Å². The van der Waals surface area contributed by atoms with Gasteiger partial charge in [-0.25, -0.2) is 4.79 Å². The van der Waals surface area contributed by atoms with Gasteiger partial charge < -0.3 is 19.3 Å². The normalized spacial score (nSPS) is 35.4. The minimum absolute atomic E-state index is 0.0254. The lowest BCUT2D eigenvalue weighted by atomic mass is 10.1. The number of aromatic amines is 1. The maximum atomic E-state index is 12.2. The molecule has 2 aliphatic rings. The van der Waals surface area contributed by atoms with E-state index in [9.17, 15) is 14.7 Å². The van der Waals surface area contributed by atoms with Crippen LogP contribution in [0.15, 0.2) is 15.8 Å². The summed E-state index contributed by atoms with van der Waals surface area (Å²) in [5, 5.41) is 10.6. The first-order valence-corrected chi connectivity index (χ1v) is 8.80. The first kappa shape index (κ1) is 18.3. The second-order valence-electron chi connectivity index (χ2n) is 6.79. The molecule has 8 nitrogen and oxygen atoms in total. The van der Waals surface area contributed by atoms with Crippen molar-refractivity contribution in [3.8, 4) is 0 Å². The molecule has 0 spiro atoms. The van der Waals surface area contributed by atoms with Gasteiger partial charge in [-0.1, -0.05) is 6.92 Å². The predicted molar refractivity (Wildman–Crippen MR) is 89.6 cm³/mol. The molecule has 1 saturated carbocycles. The first-order valence-electron chi connectivity index (χ1n) is 8.80. The smallest absolute Gasteiger partial charge is 0.330 e. The monoisotopic (exact) mass is 354 g/mol. The molecule has 8 heteroatoms. The molecule has 1 aromatic rings. The Bertz CT molecular complexity index is 714. The van der Waals surface area contributed by atoms with E-state index in [0.29, 0.717) is 12.0 Å². The van der Waals surface area contributed by atoms with Crippen molar-refractivity contribution < 1.29 is 19.3 Å². The van der Waals surface area contributed by atoms with E-state index in [4.69, 9.17) is 14.2 Å². The van der Waals surface area contributed by atoms with E-state index in [2.05, 4.69) is 4.98 Å². The fourth-order valence-electron chi connectivity index (χ4n) is 3.72. The molecule has 6 atom stereocenters. The van der Waals surface area contributed by atoms with Crippen LogP contribution in [-0.4, -0.2) is 52.3 Å². The first-order chi connectivity index (χ1) is 12.0. The number of ether oxygens (including phenoxy) is 3. The van der Waals surface area contributed by atoms with E-state index in [1.54, 1.807) is 14.0 Å². The molecule has 2 heterocycles. The Morgan fingerprint density at radius 1 is 1.36 bits per heavy atom. The van der Waals surface area contributed by atoms with Crippen LogP contribution in [0.25, 0.3) is 0 Å². The number of aryl methyl sites for hydroxylation is 1. The van der Waals surface area contributed by atoms with Crippen molar-refractivity contribution in [2.75, 3.05) is 7.11 Å². The highest BCUT2D eigenvalue weighted by Gasteiger charge is 2.47. The second-order valence-corrected chi connectivity index (χ2v) is 6.79. The van der Waals surface area contributed by atoms with E-state index in [1.165, 1.54) is 10.8 Å². The van der Waals surface area contributed by atoms with Crippen LogP contribution in [0.4, 0.5) is 0 Å². The summed E-state index contributed by atoms with van der Waals surface area (Å²) in [5.74, 6) is 0. The number of rotatable bonds is 5. The third-order valence-corrected chi connectivity index (χ3v) is 5.16. The van der Waals surface area contributed by atoms with Crippen molar-refractivity contribution >= 4 is 0 Å². The molecule has 1 aliphatic heterocycles. The molecular formula is C17H26N2O6. The van der Waals surface area contributed by atoms with Crippen molar-refractivity contribution in [1.29, 1.82) is 0 Å². The number of hydrogen-bond acceptors (Lipinski definition) is 6. The summed E-state index contributed by atoms with van der Waals surface area (Å²) in [6.07, 6.45) is 1.83. The Morgan fingerprint density at radius 3 is 2.76 bits per heavy atom. The summed E-state index contributed by atoms with van der Waals surface area (Å²) in [5.41, 5.74) is -0.612. The Kier molecular flexibility index (Phi) is 5.43. The third-order valence-electron chi connectivity index (χ3n) is 5.16. The lowest BCUT2D eigenvalue weighted by Gasteiger charge is -2.28. The summed E-state index contributed by atoms with van der Waals surface area (Å²) in [6, 6.07) is 0. The molecule has 1 aromatic heterocycles. The Balaban J connectivity index is 1.91. The minimum Gasteiger partial charge on any atom is -0.388 e. The van der Waals surface area contributed by atoms with Crippen LogP contribution in [0, 0.1) is 6.92 Å². The zero-order chi connectivity index (χ0) is 18.1. The molecular weight excluding hydrogens is 328 g/mol. The van der Waals surface area contributed by atoms with Crippen LogP contribution in [0.2, 0.25) is 0 Å². The Morgan fingerprint density at radius 2 is 2.08 bits per heavy atom. The van der Waals surface area contributed by atoms with Crippen LogP contribution < -0.4 is 11.2 Å². The van der Waals surface area contributed by atoms with Gasteiger partial charge >= 0.3 is 5.69 Å². The van der Waals surface area contributed by atoms with Crippen LogP contribution in [-0.2, 0) is 14.2 Å². The zero-order valence-electron chi connectivity index (χ0n) is 14.8. The highest BCUT2D eigenvalue weighted by Crippen LogP contribution is 2.36. The average Bonchev–Trinajstić information content (AvgIpc) is 3.16. The van der Waals surface area contributed by atoms with Gasteiger partial charge in [0.15, 0.2) is 6.23 Å². The summed E-state index contributed by atoms with van der Waals surface area (Å²) in [7, 11) is 1.65. The number of methoxy groups -OCH3 is 1. The number of aromatic nitrogens is 2. The molecule has 3 rings (SSSR count). The number of hydrogen-bond donors (Lipinski definition) is 2. The molecule has 25 heavy (non-hydrogen) atoms. The minimum atomic E-state index is -0.854. The Hall–Kier alpha value is -1.48. The maximum Gasteiger partial charge on any atom is 0.330 e. The summed E-state index contributed by atoms with van der Waals surface area (Å²) in [6.45, 7) is 3.52. The van der Waals surface area contributed by atoms with Gasteiger partial charge in [0.25, 0.3) is 5.56 Å². The van der Waals surface area contributed by atoms with E-state index >= 15 is 0 Å². The van der Waals surface area contributed by atoms with Crippen molar-refractivity contribution in [3.63, 3.8) is 0 Å². The number of nitrogens with zero attached hydrogens (tertiary/aromatic N) is 1. The molecule has 1 aliphatic carbocycles. The predicted octanol–water partition coefficient (Wildman–Crippen LogP) is 0.466. The van der Waals surface area contributed by atoms with Crippen molar-refractivity contribution in [2.24, 2.45) is 0 Å². The van der Waals surface area contributed by atoms with Crippen LogP contribution in [0.5, 0.6) is 0 Å². The zero-order valence-corrected chi connectivity index (χ0v) is 14.8. The van der Waals surface area contributed by atoms with E-state index < -0.39 is 35.8 Å². The van der Waals surface area contributed by atoms with Gasteiger partial charge in [0, 0.05) is 18.9 Å². The van der Waals surface area contributed by atoms with Gasteiger partial charge in [-0.3, -0.25) is 14.3 Å². The van der Waals surface area contributed by atoms with Gasteiger partial charge in [0.1, 0.15) is 12.2 Å². The Labute approximate surface area is 145 Å². The molecule has 2 fully saturated rings. The molecule has 0 radical (unpaired) electrons. The third kappa shape index (κ3) is 3.44. The van der Waals surface area contributed by atoms with Crippen LogP contribution >= 0.6 is 0 Å². The summed E-state index contributed by atoms with van der Waals surface area (Å²) < 4.78 is 18.8. The average molecular weight is 354 g/mol. The van der Waals surface area contributed by atoms with E-state index in [1.807, 2.05) is 6.92 Å². The van der Waals surface area contributed by atoms with Crippen LogP contribution in [0.1, 0.15) is 44.4 Å². The number of nitrogens with one attached hydrogen (secondary N) is 1. The van der Waals surface area contributed by atoms with Gasteiger partial charge in [-0.15, -0.1) is 0 Å². The molecule has 1 saturated heterocycles. The molecule has 0 bridgehead atoms. The molecule has 1 unspecified atom stereocenters. The second kappa shape index (κ2) is 7.41. The number of H-pyrrole nitrogens is 1. The fourth-order valence-corrected chi connectivity index (χ4v) is 3.72. The van der Waals surface area contributed by atoms with Gasteiger partial charge in [-0.2, -0.15) is 0 Å². The molecule has 0 aromatic carbocycles. The van der Waals surface area contributed by atoms with Crippen molar-refractivity contribution in [2.45, 2.75) is 76.3 Å². The quantitative estimate of drug-likeness (QED) is 0.797. The van der Waals surface area contributed by atoms with Gasteiger partial charge in [0.05, 0.1) is 18.3 Å². The largest absolute Gasteiger partial charge is 0.388 e. The molecule has 2 N–H and O–H groups in total. The van der Waals surface area contributed by atoms with E-state index in [0.717, 1.165) is 19.3 Å². The SMILES string of the molecule is CC[C@H]1O[C@@H](n2cc(C)c(=O)[nH]c2=O)C(O[C@@H]2CCC[C@H]2OC)[C@H]1O. The topological polar surface area (TPSA) is 103 Å². The standard InChI is InChI=1S/C17H26N2O6/c1-4-10-13(20)14(24-12-7-5-6-11(12)23-3)16(25-10)19-8-9(2)15(21)18-17(19)22/h8,10-14,16,20H,4-7H2,1-3H3,(H,18,21,22)/t10-,11-,12-,13+,14?,16-/m1/s1. The number of aliphatic hydroxyl groups excluding tert-OH is 1. The maximum absolute atomic E-state index is 12.2. The summed E-state index contributed by atoms with van der Waals surface area (Å²) in [4.78, 5) is 26.2.